The van der Waals surface area contributed by atoms with Crippen molar-refractivity contribution in [1.29, 1.82) is 0 Å². The van der Waals surface area contributed by atoms with Crippen LogP contribution in [-0.4, -0.2) is 40.6 Å². The van der Waals surface area contributed by atoms with Gasteiger partial charge in [-0.2, -0.15) is 5.10 Å². The highest BCUT2D eigenvalue weighted by Crippen LogP contribution is 2.44. The molecule has 7 nitrogen and oxygen atoms in total. The topological polar surface area (TPSA) is 82.2 Å². The fourth-order valence-electron chi connectivity index (χ4n) is 4.07. The van der Waals surface area contributed by atoms with Gasteiger partial charge in [0.2, 0.25) is 5.91 Å². The Hall–Kier alpha value is -2.15. The zero-order valence-electron chi connectivity index (χ0n) is 16.1. The van der Waals surface area contributed by atoms with Gasteiger partial charge in [-0.15, -0.1) is 0 Å². The third-order valence-corrected chi connectivity index (χ3v) is 5.69. The Bertz CT molecular complexity index is 793. The number of aromatic nitrogens is 3. The van der Waals surface area contributed by atoms with Crippen molar-refractivity contribution in [2.75, 3.05) is 13.7 Å². The van der Waals surface area contributed by atoms with E-state index in [1.165, 1.54) is 18.5 Å². The second-order valence-electron chi connectivity index (χ2n) is 7.79. The largest absolute Gasteiger partial charge is 0.381 e. The van der Waals surface area contributed by atoms with Gasteiger partial charge in [-0.3, -0.25) is 9.48 Å². The molecule has 2 aromatic rings. The molecule has 2 aromatic heterocycles. The molecule has 2 aliphatic rings. The van der Waals surface area contributed by atoms with E-state index in [9.17, 15) is 4.79 Å². The molecule has 0 aromatic carbocycles. The average molecular weight is 372 g/mol. The lowest BCUT2D eigenvalue weighted by Gasteiger charge is -2.27. The van der Waals surface area contributed by atoms with E-state index in [0.29, 0.717) is 19.0 Å². The first-order valence-electron chi connectivity index (χ1n) is 9.95. The number of ether oxygens (including phenoxy) is 1. The van der Waals surface area contributed by atoms with E-state index in [0.717, 1.165) is 42.7 Å². The normalized spacial score (nSPS) is 22.7. The Morgan fingerprint density at radius 1 is 1.37 bits per heavy atom. The van der Waals surface area contributed by atoms with Gasteiger partial charge in [0.05, 0.1) is 35.8 Å². The van der Waals surface area contributed by atoms with Crippen molar-refractivity contribution in [3.63, 3.8) is 0 Å². The van der Waals surface area contributed by atoms with Crippen molar-refractivity contribution < 1.29 is 14.1 Å². The fraction of sp³-hybridized carbons (Fsp3) is 0.650. The lowest BCUT2D eigenvalue weighted by Crippen LogP contribution is -2.37. The predicted octanol–water partition coefficient (Wildman–Crippen LogP) is 3.05. The van der Waals surface area contributed by atoms with E-state index >= 15 is 0 Å². The van der Waals surface area contributed by atoms with Crippen LogP contribution in [0, 0.1) is 12.8 Å². The first-order chi connectivity index (χ1) is 13.2. The average Bonchev–Trinajstić information content (AvgIpc) is 3.30. The van der Waals surface area contributed by atoms with Crippen LogP contribution in [0.5, 0.6) is 0 Å². The summed E-state index contributed by atoms with van der Waals surface area (Å²) in [4.78, 5) is 12.5. The lowest BCUT2D eigenvalue weighted by molar-refractivity contribution is -0.127. The molecule has 1 N–H and O–H groups in total. The number of amides is 1. The maximum atomic E-state index is 12.5. The number of hydrogen-bond donors (Lipinski definition) is 1. The van der Waals surface area contributed by atoms with Crippen LogP contribution in [0.4, 0.5) is 0 Å². The van der Waals surface area contributed by atoms with Crippen LogP contribution in [0.1, 0.15) is 55.8 Å². The van der Waals surface area contributed by atoms with Crippen molar-refractivity contribution in [2.24, 2.45) is 5.92 Å². The summed E-state index contributed by atoms with van der Waals surface area (Å²) in [6, 6.07) is 1.95. The summed E-state index contributed by atoms with van der Waals surface area (Å²) < 4.78 is 12.9. The Morgan fingerprint density at radius 2 is 2.22 bits per heavy atom. The van der Waals surface area contributed by atoms with Crippen molar-refractivity contribution in [2.45, 2.75) is 64.0 Å². The van der Waals surface area contributed by atoms with E-state index < -0.39 is 0 Å². The summed E-state index contributed by atoms with van der Waals surface area (Å²) in [6.07, 6.45) is 8.33. The van der Waals surface area contributed by atoms with Gasteiger partial charge in [0, 0.05) is 31.6 Å². The number of aryl methyl sites for hydroxylation is 1. The molecule has 2 atom stereocenters. The van der Waals surface area contributed by atoms with Crippen molar-refractivity contribution in [1.82, 2.24) is 20.3 Å². The molecule has 27 heavy (non-hydrogen) atoms. The smallest absolute Gasteiger partial charge is 0.223 e. The Kier molecular flexibility index (Phi) is 5.29. The standard InChI is InChI=1S/C20H28N4O3/c1-13-10-18(27-23-13)17-12-22-24(19(17)14-6-7-14)9-8-21-20(25)15-4-3-5-16(11-15)26-2/h10,12,14-16H,3-9,11H2,1-2H3,(H,21,25)/t15-,16+/m1/s1. The highest BCUT2D eigenvalue weighted by Gasteiger charge is 2.32. The molecule has 0 bridgehead atoms. The monoisotopic (exact) mass is 372 g/mol. The Morgan fingerprint density at radius 3 is 2.93 bits per heavy atom. The summed E-state index contributed by atoms with van der Waals surface area (Å²) in [5.74, 6) is 1.52. The maximum Gasteiger partial charge on any atom is 0.223 e. The van der Waals surface area contributed by atoms with E-state index in [2.05, 4.69) is 15.6 Å². The lowest BCUT2D eigenvalue weighted by atomic mass is 9.86. The van der Waals surface area contributed by atoms with Crippen LogP contribution in [-0.2, 0) is 16.1 Å². The van der Waals surface area contributed by atoms with Crippen LogP contribution in [0.2, 0.25) is 0 Å². The number of carbonyl (C=O) groups excluding carboxylic acids is 1. The van der Waals surface area contributed by atoms with E-state index in [1.54, 1.807) is 7.11 Å². The van der Waals surface area contributed by atoms with Gasteiger partial charge in [-0.05, 0) is 39.0 Å². The number of hydrogen-bond acceptors (Lipinski definition) is 5. The summed E-state index contributed by atoms with van der Waals surface area (Å²) in [5.41, 5.74) is 3.10. The molecule has 2 fully saturated rings. The van der Waals surface area contributed by atoms with Crippen LogP contribution >= 0.6 is 0 Å². The van der Waals surface area contributed by atoms with Gasteiger partial charge < -0.3 is 14.6 Å². The van der Waals surface area contributed by atoms with Crippen LogP contribution in [0.25, 0.3) is 11.3 Å². The Balaban J connectivity index is 1.37. The second-order valence-corrected chi connectivity index (χ2v) is 7.79. The Labute approximate surface area is 159 Å². The highest BCUT2D eigenvalue weighted by atomic mass is 16.5. The third kappa shape index (κ3) is 4.08. The molecular formula is C20H28N4O3. The van der Waals surface area contributed by atoms with Gasteiger partial charge in [0.15, 0.2) is 5.76 Å². The van der Waals surface area contributed by atoms with Crippen LogP contribution < -0.4 is 5.32 Å². The number of methoxy groups -OCH3 is 1. The third-order valence-electron chi connectivity index (χ3n) is 5.69. The van der Waals surface area contributed by atoms with Crippen molar-refractivity contribution in [3.05, 3.63) is 23.7 Å². The molecule has 0 saturated heterocycles. The highest BCUT2D eigenvalue weighted by molar-refractivity contribution is 5.78. The first-order valence-corrected chi connectivity index (χ1v) is 9.95. The van der Waals surface area contributed by atoms with E-state index in [1.807, 2.05) is 23.9 Å². The van der Waals surface area contributed by atoms with E-state index in [-0.39, 0.29) is 17.9 Å². The van der Waals surface area contributed by atoms with Gasteiger partial charge >= 0.3 is 0 Å². The fourth-order valence-corrected chi connectivity index (χ4v) is 4.07. The minimum atomic E-state index is 0.0666. The molecule has 1 amide bonds. The number of rotatable bonds is 7. The molecule has 0 unspecified atom stereocenters. The quantitative estimate of drug-likeness (QED) is 0.808. The van der Waals surface area contributed by atoms with Crippen molar-refractivity contribution >= 4 is 5.91 Å². The molecule has 0 aliphatic heterocycles. The maximum absolute atomic E-state index is 12.5. The SMILES string of the molecule is CO[C@H]1CCC[C@@H](C(=O)NCCn2ncc(-c3cc(C)no3)c2C2CC2)C1. The minimum absolute atomic E-state index is 0.0666. The van der Waals surface area contributed by atoms with Crippen LogP contribution in [0.15, 0.2) is 16.8 Å². The van der Waals surface area contributed by atoms with Crippen molar-refractivity contribution in [3.8, 4) is 11.3 Å². The summed E-state index contributed by atoms with van der Waals surface area (Å²) in [5, 5.41) is 11.6. The zero-order chi connectivity index (χ0) is 18.8. The predicted molar refractivity (Wildman–Crippen MR) is 100 cm³/mol. The zero-order valence-corrected chi connectivity index (χ0v) is 16.1. The first kappa shape index (κ1) is 18.2. The molecule has 0 spiro atoms. The minimum Gasteiger partial charge on any atom is -0.381 e. The molecule has 2 aliphatic carbocycles. The molecule has 7 heteroatoms. The van der Waals surface area contributed by atoms with Gasteiger partial charge in [-0.25, -0.2) is 0 Å². The molecule has 146 valence electrons. The summed E-state index contributed by atoms with van der Waals surface area (Å²) >= 11 is 0. The molecular weight excluding hydrogens is 344 g/mol. The molecule has 0 radical (unpaired) electrons. The van der Waals surface area contributed by atoms with Gasteiger partial charge in [-0.1, -0.05) is 11.6 Å². The van der Waals surface area contributed by atoms with Crippen LogP contribution in [0.3, 0.4) is 0 Å². The second kappa shape index (κ2) is 7.84. The number of carbonyl (C=O) groups is 1. The van der Waals surface area contributed by atoms with Gasteiger partial charge in [0.25, 0.3) is 0 Å². The number of nitrogens with one attached hydrogen (secondary N) is 1. The molecule has 2 saturated carbocycles. The number of nitrogens with zero attached hydrogens (tertiary/aromatic N) is 3. The summed E-state index contributed by atoms with van der Waals surface area (Å²) in [6.45, 7) is 3.18. The molecule has 2 heterocycles. The van der Waals surface area contributed by atoms with E-state index in [4.69, 9.17) is 9.26 Å². The summed E-state index contributed by atoms with van der Waals surface area (Å²) in [7, 11) is 1.73. The molecule has 4 rings (SSSR count). The van der Waals surface area contributed by atoms with Gasteiger partial charge in [0.1, 0.15) is 0 Å².